The van der Waals surface area contributed by atoms with Crippen LogP contribution in [0.15, 0.2) is 24.3 Å². The van der Waals surface area contributed by atoms with Gasteiger partial charge in [-0.1, -0.05) is 18.2 Å². The van der Waals surface area contributed by atoms with Crippen LogP contribution in [0.2, 0.25) is 0 Å². The van der Waals surface area contributed by atoms with Crippen LogP contribution in [-0.4, -0.2) is 53.7 Å². The van der Waals surface area contributed by atoms with Crippen LogP contribution in [0, 0.1) is 0 Å². The average Bonchev–Trinajstić information content (AvgIpc) is 2.90. The van der Waals surface area contributed by atoms with E-state index in [1.54, 1.807) is 4.90 Å². The van der Waals surface area contributed by atoms with Crippen LogP contribution in [0.3, 0.4) is 0 Å². The van der Waals surface area contributed by atoms with Crippen molar-refractivity contribution in [3.8, 4) is 0 Å². The predicted molar refractivity (Wildman–Crippen MR) is 71.5 cm³/mol. The van der Waals surface area contributed by atoms with Gasteiger partial charge in [0.05, 0.1) is 13.2 Å². The predicted octanol–water partition coefficient (Wildman–Crippen LogP) is 0.335. The highest BCUT2D eigenvalue weighted by atomic mass is 16.5. The minimum Gasteiger partial charge on any atom is -0.479 e. The minimum atomic E-state index is -1.02. The molecule has 2 aliphatic heterocycles. The fraction of sp³-hybridized carbons (Fsp3) is 0.429. The zero-order chi connectivity index (χ0) is 14.1. The quantitative estimate of drug-likeness (QED) is 0.814. The average molecular weight is 276 g/mol. The van der Waals surface area contributed by atoms with Crippen molar-refractivity contribution in [1.82, 2.24) is 4.90 Å². The van der Waals surface area contributed by atoms with Gasteiger partial charge in [-0.3, -0.25) is 4.79 Å². The van der Waals surface area contributed by atoms with Crippen LogP contribution in [0.1, 0.15) is 5.56 Å². The Balaban J connectivity index is 1.67. The number of fused-ring (bicyclic) bond motifs is 1. The van der Waals surface area contributed by atoms with E-state index in [1.165, 1.54) is 0 Å². The molecule has 0 bridgehead atoms. The number of carbonyl (C=O) groups is 2. The standard InChI is InChI=1S/C14H16N2O4/c17-13(16-5-6-20-12(8-16)14(18)19)11-7-9-3-1-2-4-10(9)15-11/h1-4,11-12,15H,5-8H2,(H,18,19). The highest BCUT2D eigenvalue weighted by Crippen LogP contribution is 2.26. The molecule has 0 saturated carbocycles. The van der Waals surface area contributed by atoms with Gasteiger partial charge in [0.25, 0.3) is 0 Å². The number of morpholine rings is 1. The first-order chi connectivity index (χ1) is 9.65. The Morgan fingerprint density at radius 2 is 2.15 bits per heavy atom. The molecule has 3 rings (SSSR count). The number of carbonyl (C=O) groups excluding carboxylic acids is 1. The summed E-state index contributed by atoms with van der Waals surface area (Å²) < 4.78 is 5.13. The molecule has 1 fully saturated rings. The fourth-order valence-corrected chi connectivity index (χ4v) is 2.67. The normalized spacial score (nSPS) is 24.9. The summed E-state index contributed by atoms with van der Waals surface area (Å²) in [6, 6.07) is 7.51. The van der Waals surface area contributed by atoms with Gasteiger partial charge in [0.1, 0.15) is 6.04 Å². The van der Waals surface area contributed by atoms with E-state index in [2.05, 4.69) is 5.32 Å². The molecular weight excluding hydrogens is 260 g/mol. The van der Waals surface area contributed by atoms with Crippen LogP contribution in [-0.2, 0) is 20.7 Å². The number of nitrogens with zero attached hydrogens (tertiary/aromatic N) is 1. The summed E-state index contributed by atoms with van der Waals surface area (Å²) in [7, 11) is 0. The maximum Gasteiger partial charge on any atom is 0.334 e. The Morgan fingerprint density at radius 3 is 2.90 bits per heavy atom. The molecule has 2 unspecified atom stereocenters. The summed E-state index contributed by atoms with van der Waals surface area (Å²) >= 11 is 0. The van der Waals surface area contributed by atoms with Gasteiger partial charge in [0, 0.05) is 18.7 Å². The van der Waals surface area contributed by atoms with Crippen LogP contribution in [0.4, 0.5) is 5.69 Å². The number of carboxylic acid groups (broad SMARTS) is 1. The highest BCUT2D eigenvalue weighted by Gasteiger charge is 2.34. The molecule has 2 aliphatic rings. The molecule has 1 aromatic rings. The van der Waals surface area contributed by atoms with E-state index < -0.39 is 12.1 Å². The maximum absolute atomic E-state index is 12.5. The number of para-hydroxylation sites is 1. The van der Waals surface area contributed by atoms with Gasteiger partial charge < -0.3 is 20.1 Å². The van der Waals surface area contributed by atoms with Crippen LogP contribution >= 0.6 is 0 Å². The molecule has 0 spiro atoms. The number of amides is 1. The van der Waals surface area contributed by atoms with E-state index in [4.69, 9.17) is 9.84 Å². The molecule has 106 valence electrons. The third-order valence-corrected chi connectivity index (χ3v) is 3.72. The van der Waals surface area contributed by atoms with Crippen LogP contribution in [0.5, 0.6) is 0 Å². The van der Waals surface area contributed by atoms with Gasteiger partial charge >= 0.3 is 5.97 Å². The largest absolute Gasteiger partial charge is 0.479 e. The van der Waals surface area contributed by atoms with Gasteiger partial charge in [-0.2, -0.15) is 0 Å². The van der Waals surface area contributed by atoms with E-state index in [1.807, 2.05) is 24.3 Å². The summed E-state index contributed by atoms with van der Waals surface area (Å²) in [6.07, 6.45) is -0.277. The Morgan fingerprint density at radius 1 is 1.35 bits per heavy atom. The Labute approximate surface area is 116 Å². The SMILES string of the molecule is O=C(O)C1CN(C(=O)C2Cc3ccccc3N2)CCO1. The molecule has 6 nitrogen and oxygen atoms in total. The molecule has 0 radical (unpaired) electrons. The van der Waals surface area contributed by atoms with E-state index in [0.29, 0.717) is 13.0 Å². The number of carboxylic acids is 1. The third-order valence-electron chi connectivity index (χ3n) is 3.72. The first-order valence-electron chi connectivity index (χ1n) is 6.63. The summed E-state index contributed by atoms with van der Waals surface area (Å²) in [6.45, 7) is 0.822. The fourth-order valence-electron chi connectivity index (χ4n) is 2.67. The molecule has 1 amide bonds. The van der Waals surface area contributed by atoms with E-state index in [-0.39, 0.29) is 25.1 Å². The lowest BCUT2D eigenvalue weighted by Crippen LogP contribution is -2.52. The minimum absolute atomic E-state index is 0.0595. The lowest BCUT2D eigenvalue weighted by Gasteiger charge is -2.32. The van der Waals surface area contributed by atoms with Crippen molar-refractivity contribution in [1.29, 1.82) is 0 Å². The van der Waals surface area contributed by atoms with Crippen molar-refractivity contribution in [2.75, 3.05) is 25.0 Å². The molecule has 6 heteroatoms. The molecule has 20 heavy (non-hydrogen) atoms. The molecule has 1 aromatic carbocycles. The smallest absolute Gasteiger partial charge is 0.334 e. The van der Waals surface area contributed by atoms with E-state index in [9.17, 15) is 9.59 Å². The van der Waals surface area contributed by atoms with Gasteiger partial charge in [-0.05, 0) is 11.6 Å². The van der Waals surface area contributed by atoms with Crippen molar-refractivity contribution >= 4 is 17.6 Å². The van der Waals surface area contributed by atoms with Crippen molar-refractivity contribution in [3.05, 3.63) is 29.8 Å². The first kappa shape index (κ1) is 12.9. The zero-order valence-corrected chi connectivity index (χ0v) is 10.9. The molecule has 2 heterocycles. The lowest BCUT2D eigenvalue weighted by atomic mass is 10.1. The first-order valence-corrected chi connectivity index (χ1v) is 6.63. The van der Waals surface area contributed by atoms with Gasteiger partial charge in [0.2, 0.25) is 5.91 Å². The monoisotopic (exact) mass is 276 g/mol. The van der Waals surface area contributed by atoms with Crippen molar-refractivity contribution < 1.29 is 19.4 Å². The van der Waals surface area contributed by atoms with Gasteiger partial charge in [0.15, 0.2) is 6.10 Å². The number of hydrogen-bond donors (Lipinski definition) is 2. The van der Waals surface area contributed by atoms with Crippen molar-refractivity contribution in [2.45, 2.75) is 18.6 Å². The second-order valence-electron chi connectivity index (χ2n) is 5.04. The number of nitrogens with one attached hydrogen (secondary N) is 1. The molecule has 2 N–H and O–H groups in total. The summed E-state index contributed by atoms with van der Waals surface area (Å²) in [5.41, 5.74) is 2.10. The molecule has 1 saturated heterocycles. The number of aliphatic carboxylic acids is 1. The number of anilines is 1. The Bertz CT molecular complexity index is 521. The van der Waals surface area contributed by atoms with E-state index in [0.717, 1.165) is 11.3 Å². The Hall–Kier alpha value is -2.08. The van der Waals surface area contributed by atoms with Crippen molar-refractivity contribution in [3.63, 3.8) is 0 Å². The molecule has 2 atom stereocenters. The maximum atomic E-state index is 12.5. The lowest BCUT2D eigenvalue weighted by molar-refractivity contribution is -0.159. The van der Waals surface area contributed by atoms with Crippen LogP contribution in [0.25, 0.3) is 0 Å². The highest BCUT2D eigenvalue weighted by molar-refractivity contribution is 5.88. The number of benzene rings is 1. The summed E-state index contributed by atoms with van der Waals surface area (Å²) in [5.74, 6) is -1.08. The molecular formula is C14H16N2O4. The topological polar surface area (TPSA) is 78.9 Å². The van der Waals surface area contributed by atoms with Gasteiger partial charge in [-0.15, -0.1) is 0 Å². The summed E-state index contributed by atoms with van der Waals surface area (Å²) in [5, 5.41) is 12.2. The zero-order valence-electron chi connectivity index (χ0n) is 10.9. The third kappa shape index (κ3) is 2.34. The number of rotatable bonds is 2. The summed E-state index contributed by atoms with van der Waals surface area (Å²) in [4.78, 5) is 25.0. The second kappa shape index (κ2) is 5.13. The van der Waals surface area contributed by atoms with Crippen molar-refractivity contribution in [2.24, 2.45) is 0 Å². The number of hydrogen-bond acceptors (Lipinski definition) is 4. The van der Waals surface area contributed by atoms with Gasteiger partial charge in [-0.25, -0.2) is 4.79 Å². The number of ether oxygens (including phenoxy) is 1. The van der Waals surface area contributed by atoms with Crippen LogP contribution < -0.4 is 5.32 Å². The second-order valence-corrected chi connectivity index (χ2v) is 5.04. The molecule has 0 aliphatic carbocycles. The van der Waals surface area contributed by atoms with E-state index >= 15 is 0 Å². The Kier molecular flexibility index (Phi) is 3.31. The molecule has 0 aromatic heterocycles.